The lowest BCUT2D eigenvalue weighted by Crippen LogP contribution is -2.14. The summed E-state index contributed by atoms with van der Waals surface area (Å²) < 4.78 is 1.19. The van der Waals surface area contributed by atoms with Crippen LogP contribution in [0.4, 0.5) is 5.00 Å². The molecule has 4 aromatic rings. The Balaban J connectivity index is 1.51. The maximum absolute atomic E-state index is 12.9. The van der Waals surface area contributed by atoms with Gasteiger partial charge in [0.25, 0.3) is 0 Å². The molecule has 5 rings (SSSR count). The molecule has 0 saturated carbocycles. The average Bonchev–Trinajstić information content (AvgIpc) is 3.27. The number of benzene rings is 2. The van der Waals surface area contributed by atoms with Gasteiger partial charge in [-0.05, 0) is 55.4 Å². The van der Waals surface area contributed by atoms with Crippen LogP contribution in [0.5, 0.6) is 0 Å². The van der Waals surface area contributed by atoms with Crippen LogP contribution in [0.1, 0.15) is 34.9 Å². The van der Waals surface area contributed by atoms with E-state index < -0.39 is 0 Å². The van der Waals surface area contributed by atoms with Gasteiger partial charge in [-0.1, -0.05) is 48.9 Å². The van der Waals surface area contributed by atoms with E-state index in [4.69, 9.17) is 4.98 Å². The third-order valence-electron chi connectivity index (χ3n) is 5.72. The van der Waals surface area contributed by atoms with Crippen molar-refractivity contribution in [2.45, 2.75) is 39.5 Å². The molecule has 2 heterocycles. The number of thiophene rings is 1. The van der Waals surface area contributed by atoms with Crippen molar-refractivity contribution < 1.29 is 4.79 Å². The molecule has 0 spiro atoms. The molecule has 0 fully saturated rings. The Kier molecular flexibility index (Phi) is 5.17. The first-order chi connectivity index (χ1) is 14.6. The van der Waals surface area contributed by atoms with Gasteiger partial charge in [-0.2, -0.15) is 0 Å². The maximum atomic E-state index is 12.9. The van der Waals surface area contributed by atoms with E-state index in [1.165, 1.54) is 27.1 Å². The van der Waals surface area contributed by atoms with Crippen LogP contribution >= 0.6 is 22.7 Å². The summed E-state index contributed by atoms with van der Waals surface area (Å²) in [6.45, 7) is 4.37. The lowest BCUT2D eigenvalue weighted by molar-refractivity contribution is -0.115. The predicted molar refractivity (Wildman–Crippen MR) is 128 cm³/mol. The number of rotatable bonds is 4. The predicted octanol–water partition coefficient (Wildman–Crippen LogP) is 6.64. The van der Waals surface area contributed by atoms with Gasteiger partial charge in [0.05, 0.1) is 16.6 Å². The summed E-state index contributed by atoms with van der Waals surface area (Å²) in [6.07, 6.45) is 3.73. The summed E-state index contributed by atoms with van der Waals surface area (Å²) in [5.74, 6) is 0.727. The highest BCUT2D eigenvalue weighted by molar-refractivity contribution is 7.22. The molecule has 3 nitrogen and oxygen atoms in total. The van der Waals surface area contributed by atoms with Crippen LogP contribution in [0.15, 0.2) is 48.5 Å². The van der Waals surface area contributed by atoms with E-state index in [1.807, 2.05) is 18.2 Å². The molecule has 1 unspecified atom stereocenters. The number of carbonyl (C=O) groups excluding carboxylic acids is 1. The first-order valence-corrected chi connectivity index (χ1v) is 12.1. The molecule has 1 aliphatic rings. The number of amides is 1. The van der Waals surface area contributed by atoms with Crippen molar-refractivity contribution in [2.24, 2.45) is 5.92 Å². The molecule has 0 saturated heterocycles. The number of aryl methyl sites for hydroxylation is 1. The Morgan fingerprint density at radius 2 is 2.03 bits per heavy atom. The highest BCUT2D eigenvalue weighted by atomic mass is 32.1. The van der Waals surface area contributed by atoms with Crippen LogP contribution < -0.4 is 5.32 Å². The molecule has 1 N–H and O–H groups in total. The Morgan fingerprint density at radius 1 is 1.17 bits per heavy atom. The summed E-state index contributed by atoms with van der Waals surface area (Å²) in [7, 11) is 0. The second-order valence-corrected chi connectivity index (χ2v) is 10.4. The fourth-order valence-corrected chi connectivity index (χ4v) is 6.76. The van der Waals surface area contributed by atoms with Gasteiger partial charge in [0.2, 0.25) is 5.91 Å². The topological polar surface area (TPSA) is 42.0 Å². The molecule has 2 aromatic carbocycles. The zero-order valence-electron chi connectivity index (χ0n) is 17.2. The lowest BCUT2D eigenvalue weighted by Gasteiger charge is -2.18. The van der Waals surface area contributed by atoms with E-state index in [9.17, 15) is 4.79 Å². The normalized spacial score (nSPS) is 15.9. The Hall–Kier alpha value is -2.50. The van der Waals surface area contributed by atoms with Crippen molar-refractivity contribution in [3.63, 3.8) is 0 Å². The smallest absolute Gasteiger partial charge is 0.229 e. The minimum atomic E-state index is 0.0367. The van der Waals surface area contributed by atoms with Gasteiger partial charge in [-0.25, -0.2) is 4.98 Å². The number of para-hydroxylation sites is 1. The van der Waals surface area contributed by atoms with Crippen LogP contribution in [-0.2, 0) is 24.1 Å². The fourth-order valence-electron chi connectivity index (χ4n) is 4.22. The standard InChI is InChI=1S/C25H24N2OS2/c1-15-6-5-7-17(12-15)14-22(28)27-25-23(18-11-10-16(2)13-21(18)30-25)24-26-19-8-3-4-9-20(19)29-24/h3-9,12,16H,10-11,13-14H2,1-2H3,(H,27,28). The molecule has 1 aliphatic carbocycles. The van der Waals surface area contributed by atoms with Crippen LogP contribution in [0, 0.1) is 12.8 Å². The molecular formula is C25H24N2OS2. The van der Waals surface area contributed by atoms with Crippen molar-refractivity contribution in [3.05, 3.63) is 70.1 Å². The van der Waals surface area contributed by atoms with E-state index >= 15 is 0 Å². The van der Waals surface area contributed by atoms with E-state index in [1.54, 1.807) is 22.7 Å². The van der Waals surface area contributed by atoms with Gasteiger partial charge in [0.15, 0.2) is 0 Å². The Labute approximate surface area is 184 Å². The molecule has 0 radical (unpaired) electrons. The second kappa shape index (κ2) is 7.97. The number of nitrogens with zero attached hydrogens (tertiary/aromatic N) is 1. The second-order valence-electron chi connectivity index (χ2n) is 8.26. The average molecular weight is 433 g/mol. The molecule has 0 aliphatic heterocycles. The minimum absolute atomic E-state index is 0.0367. The highest BCUT2D eigenvalue weighted by Gasteiger charge is 2.27. The quantitative estimate of drug-likeness (QED) is 0.393. The van der Waals surface area contributed by atoms with Gasteiger partial charge >= 0.3 is 0 Å². The number of hydrogen-bond acceptors (Lipinski definition) is 4. The summed E-state index contributed by atoms with van der Waals surface area (Å²) in [6, 6.07) is 16.4. The van der Waals surface area contributed by atoms with Crippen molar-refractivity contribution in [1.29, 1.82) is 0 Å². The molecule has 2 aromatic heterocycles. The van der Waals surface area contributed by atoms with E-state index in [0.717, 1.165) is 39.5 Å². The molecular weight excluding hydrogens is 408 g/mol. The van der Waals surface area contributed by atoms with Crippen LogP contribution in [-0.4, -0.2) is 10.9 Å². The van der Waals surface area contributed by atoms with Crippen molar-refractivity contribution in [1.82, 2.24) is 4.98 Å². The zero-order chi connectivity index (χ0) is 20.7. The van der Waals surface area contributed by atoms with E-state index in [0.29, 0.717) is 12.3 Å². The Bertz CT molecular complexity index is 1200. The summed E-state index contributed by atoms with van der Waals surface area (Å²) in [4.78, 5) is 19.2. The Morgan fingerprint density at radius 3 is 2.87 bits per heavy atom. The fraction of sp³-hybridized carbons (Fsp3) is 0.280. The van der Waals surface area contributed by atoms with Crippen molar-refractivity contribution in [2.75, 3.05) is 5.32 Å². The summed E-state index contributed by atoms with van der Waals surface area (Å²) in [5.41, 5.74) is 5.79. The SMILES string of the molecule is Cc1cccc(CC(=O)Nc2sc3c(c2-c2nc4ccccc4s2)CCC(C)C3)c1. The zero-order valence-corrected chi connectivity index (χ0v) is 18.8. The number of fused-ring (bicyclic) bond motifs is 2. The minimum Gasteiger partial charge on any atom is -0.317 e. The third kappa shape index (κ3) is 3.80. The van der Waals surface area contributed by atoms with Gasteiger partial charge < -0.3 is 5.32 Å². The van der Waals surface area contributed by atoms with Gasteiger partial charge in [-0.15, -0.1) is 22.7 Å². The van der Waals surface area contributed by atoms with Gasteiger partial charge in [0.1, 0.15) is 10.0 Å². The molecule has 1 amide bonds. The highest BCUT2D eigenvalue weighted by Crippen LogP contribution is 2.47. The van der Waals surface area contributed by atoms with Crippen LogP contribution in [0.2, 0.25) is 0 Å². The third-order valence-corrected chi connectivity index (χ3v) is 7.94. The number of nitrogens with one attached hydrogen (secondary N) is 1. The maximum Gasteiger partial charge on any atom is 0.229 e. The molecule has 1 atom stereocenters. The monoisotopic (exact) mass is 432 g/mol. The first-order valence-electron chi connectivity index (χ1n) is 10.4. The van der Waals surface area contributed by atoms with Crippen LogP contribution in [0.25, 0.3) is 20.8 Å². The van der Waals surface area contributed by atoms with Crippen molar-refractivity contribution >= 4 is 43.8 Å². The number of anilines is 1. The molecule has 0 bridgehead atoms. The summed E-state index contributed by atoms with van der Waals surface area (Å²) in [5, 5.41) is 5.23. The van der Waals surface area contributed by atoms with Gasteiger partial charge in [-0.3, -0.25) is 4.79 Å². The number of aromatic nitrogens is 1. The molecule has 30 heavy (non-hydrogen) atoms. The van der Waals surface area contributed by atoms with E-state index in [2.05, 4.69) is 49.5 Å². The molecule has 5 heteroatoms. The first kappa shape index (κ1) is 19.5. The van der Waals surface area contributed by atoms with Crippen LogP contribution in [0.3, 0.4) is 0 Å². The number of carbonyl (C=O) groups is 1. The largest absolute Gasteiger partial charge is 0.317 e. The summed E-state index contributed by atoms with van der Waals surface area (Å²) >= 11 is 3.47. The van der Waals surface area contributed by atoms with Crippen molar-refractivity contribution in [3.8, 4) is 10.6 Å². The molecule has 152 valence electrons. The lowest BCUT2D eigenvalue weighted by atomic mass is 9.88. The van der Waals surface area contributed by atoms with E-state index in [-0.39, 0.29) is 5.91 Å². The van der Waals surface area contributed by atoms with Gasteiger partial charge in [0, 0.05) is 10.4 Å². The number of thiazole rings is 1. The number of hydrogen-bond donors (Lipinski definition) is 1.